The fourth-order valence-electron chi connectivity index (χ4n) is 1.87. The molecule has 0 radical (unpaired) electrons. The number of carbonyl (C=O) groups is 2. The Labute approximate surface area is 134 Å². The summed E-state index contributed by atoms with van der Waals surface area (Å²) in [6.07, 6.45) is -0.745. The second-order valence-corrected chi connectivity index (χ2v) is 5.23. The average Bonchev–Trinajstić information content (AvgIpc) is 2.48. The lowest BCUT2D eigenvalue weighted by molar-refractivity contribution is -0.152. The molecular formula is C17H16ClNO3. The van der Waals surface area contributed by atoms with Crippen LogP contribution in [0.4, 0.5) is 5.69 Å². The van der Waals surface area contributed by atoms with Crippen LogP contribution in [-0.4, -0.2) is 18.0 Å². The van der Waals surface area contributed by atoms with Gasteiger partial charge in [-0.15, -0.1) is 0 Å². The van der Waals surface area contributed by atoms with Crippen LogP contribution in [0.2, 0.25) is 5.02 Å². The van der Waals surface area contributed by atoms with E-state index < -0.39 is 18.0 Å². The van der Waals surface area contributed by atoms with Crippen LogP contribution in [0.3, 0.4) is 0 Å². The number of anilines is 1. The van der Waals surface area contributed by atoms with Crippen molar-refractivity contribution < 1.29 is 14.3 Å². The Morgan fingerprint density at radius 1 is 1.14 bits per heavy atom. The number of hydrogen-bond donors (Lipinski definition) is 1. The predicted molar refractivity (Wildman–Crippen MR) is 85.8 cm³/mol. The van der Waals surface area contributed by atoms with Crippen molar-refractivity contribution in [3.05, 3.63) is 65.2 Å². The van der Waals surface area contributed by atoms with E-state index in [-0.39, 0.29) is 6.42 Å². The smallest absolute Gasteiger partial charge is 0.311 e. The van der Waals surface area contributed by atoms with Crippen LogP contribution in [0.25, 0.3) is 0 Å². The van der Waals surface area contributed by atoms with Crippen molar-refractivity contribution in [2.75, 3.05) is 5.32 Å². The minimum Gasteiger partial charge on any atom is -0.452 e. The molecule has 0 aliphatic rings. The molecule has 0 saturated heterocycles. The van der Waals surface area contributed by atoms with E-state index in [1.807, 2.05) is 30.3 Å². The molecule has 2 aromatic rings. The van der Waals surface area contributed by atoms with E-state index in [2.05, 4.69) is 5.32 Å². The fourth-order valence-corrected chi connectivity index (χ4v) is 2.06. The van der Waals surface area contributed by atoms with Gasteiger partial charge < -0.3 is 10.1 Å². The van der Waals surface area contributed by atoms with Gasteiger partial charge in [0, 0.05) is 10.7 Å². The van der Waals surface area contributed by atoms with Crippen molar-refractivity contribution in [3.63, 3.8) is 0 Å². The Hall–Kier alpha value is -2.33. The number of esters is 1. The minimum absolute atomic E-state index is 0.135. The van der Waals surface area contributed by atoms with Crippen molar-refractivity contribution in [1.29, 1.82) is 0 Å². The highest BCUT2D eigenvalue weighted by Gasteiger charge is 2.18. The minimum atomic E-state index is -0.879. The lowest BCUT2D eigenvalue weighted by atomic mass is 10.1. The summed E-state index contributed by atoms with van der Waals surface area (Å²) >= 11 is 5.85. The number of benzene rings is 2. The number of carbonyl (C=O) groups excluding carboxylic acids is 2. The van der Waals surface area contributed by atoms with Gasteiger partial charge in [-0.2, -0.15) is 0 Å². The molecule has 0 saturated carbocycles. The molecule has 2 aromatic carbocycles. The van der Waals surface area contributed by atoms with E-state index in [9.17, 15) is 9.59 Å². The fraction of sp³-hybridized carbons (Fsp3) is 0.176. The maximum Gasteiger partial charge on any atom is 0.311 e. The quantitative estimate of drug-likeness (QED) is 0.859. The highest BCUT2D eigenvalue weighted by atomic mass is 35.5. The van der Waals surface area contributed by atoms with Gasteiger partial charge in [0.1, 0.15) is 0 Å². The van der Waals surface area contributed by atoms with Gasteiger partial charge >= 0.3 is 5.97 Å². The monoisotopic (exact) mass is 317 g/mol. The lowest BCUT2D eigenvalue weighted by Gasteiger charge is -2.13. The Kier molecular flexibility index (Phi) is 5.55. The number of amides is 1. The molecule has 1 amide bonds. The summed E-state index contributed by atoms with van der Waals surface area (Å²) < 4.78 is 5.13. The molecule has 0 aromatic heterocycles. The molecule has 0 unspecified atom stereocenters. The van der Waals surface area contributed by atoms with Gasteiger partial charge in [0.25, 0.3) is 5.91 Å². The van der Waals surface area contributed by atoms with E-state index in [4.69, 9.17) is 16.3 Å². The van der Waals surface area contributed by atoms with Gasteiger partial charge in [-0.1, -0.05) is 48.0 Å². The van der Waals surface area contributed by atoms with Crippen LogP contribution in [0.1, 0.15) is 12.5 Å². The normalized spacial score (nSPS) is 11.5. The summed E-state index contributed by atoms with van der Waals surface area (Å²) in [5.74, 6) is -0.844. The van der Waals surface area contributed by atoms with Crippen LogP contribution in [0.15, 0.2) is 54.6 Å². The summed E-state index contributed by atoms with van der Waals surface area (Å²) in [6.45, 7) is 1.53. The first-order valence-corrected chi connectivity index (χ1v) is 7.22. The van der Waals surface area contributed by atoms with E-state index >= 15 is 0 Å². The molecule has 1 atom stereocenters. The molecule has 0 fully saturated rings. The molecule has 4 nitrogen and oxygen atoms in total. The number of halogens is 1. The zero-order valence-electron chi connectivity index (χ0n) is 12.1. The van der Waals surface area contributed by atoms with Gasteiger partial charge in [0.05, 0.1) is 6.42 Å². The summed E-state index contributed by atoms with van der Waals surface area (Å²) in [5, 5.41) is 3.17. The summed E-state index contributed by atoms with van der Waals surface area (Å²) in [5.41, 5.74) is 1.40. The lowest BCUT2D eigenvalue weighted by Crippen LogP contribution is -2.30. The summed E-state index contributed by atoms with van der Waals surface area (Å²) in [7, 11) is 0. The van der Waals surface area contributed by atoms with Crippen molar-refractivity contribution in [1.82, 2.24) is 0 Å². The molecule has 1 N–H and O–H groups in total. The van der Waals surface area contributed by atoms with Gasteiger partial charge in [-0.25, -0.2) is 0 Å². The number of rotatable bonds is 5. The van der Waals surface area contributed by atoms with Crippen molar-refractivity contribution in [3.8, 4) is 0 Å². The van der Waals surface area contributed by atoms with Crippen molar-refractivity contribution in [2.45, 2.75) is 19.4 Å². The zero-order valence-corrected chi connectivity index (χ0v) is 12.8. The number of hydrogen-bond acceptors (Lipinski definition) is 3. The standard InChI is InChI=1S/C17H16ClNO3/c1-12(17(21)19-15-9-5-8-14(18)11-15)22-16(20)10-13-6-3-2-4-7-13/h2-9,11-12H,10H2,1H3,(H,19,21)/t12-/m0/s1. The second kappa shape index (κ2) is 7.61. The highest BCUT2D eigenvalue weighted by molar-refractivity contribution is 6.30. The molecule has 0 bridgehead atoms. The van der Waals surface area contributed by atoms with Crippen LogP contribution >= 0.6 is 11.6 Å². The van der Waals surface area contributed by atoms with E-state index in [1.54, 1.807) is 24.3 Å². The summed E-state index contributed by atoms with van der Waals surface area (Å²) in [6, 6.07) is 16.0. The third-order valence-electron chi connectivity index (χ3n) is 2.96. The number of ether oxygens (including phenoxy) is 1. The first kappa shape index (κ1) is 16.0. The third kappa shape index (κ3) is 4.90. The SMILES string of the molecule is C[C@H](OC(=O)Cc1ccccc1)C(=O)Nc1cccc(Cl)c1. The van der Waals surface area contributed by atoms with Gasteiger partial charge in [-0.05, 0) is 30.7 Å². The topological polar surface area (TPSA) is 55.4 Å². The molecule has 0 spiro atoms. The van der Waals surface area contributed by atoms with Gasteiger partial charge in [-0.3, -0.25) is 9.59 Å². The van der Waals surface area contributed by atoms with Crippen molar-refractivity contribution in [2.24, 2.45) is 0 Å². The largest absolute Gasteiger partial charge is 0.452 e. The average molecular weight is 318 g/mol. The highest BCUT2D eigenvalue weighted by Crippen LogP contribution is 2.15. The first-order chi connectivity index (χ1) is 10.5. The molecule has 2 rings (SSSR count). The zero-order chi connectivity index (χ0) is 15.9. The molecule has 0 aliphatic heterocycles. The second-order valence-electron chi connectivity index (χ2n) is 4.79. The Morgan fingerprint density at radius 3 is 2.55 bits per heavy atom. The van der Waals surface area contributed by atoms with Gasteiger partial charge in [0.15, 0.2) is 6.10 Å². The van der Waals surface area contributed by atoms with Crippen LogP contribution in [-0.2, 0) is 20.7 Å². The molecule has 114 valence electrons. The molecular weight excluding hydrogens is 302 g/mol. The third-order valence-corrected chi connectivity index (χ3v) is 3.20. The van der Waals surface area contributed by atoms with Crippen LogP contribution < -0.4 is 5.32 Å². The van der Waals surface area contributed by atoms with Crippen molar-refractivity contribution >= 4 is 29.2 Å². The van der Waals surface area contributed by atoms with Crippen LogP contribution in [0.5, 0.6) is 0 Å². The van der Waals surface area contributed by atoms with E-state index in [0.29, 0.717) is 10.7 Å². The molecule has 0 aliphatic carbocycles. The van der Waals surface area contributed by atoms with Gasteiger partial charge in [0.2, 0.25) is 0 Å². The summed E-state index contributed by atoms with van der Waals surface area (Å²) in [4.78, 5) is 23.8. The molecule has 22 heavy (non-hydrogen) atoms. The van der Waals surface area contributed by atoms with Crippen LogP contribution in [0, 0.1) is 0 Å². The van der Waals surface area contributed by atoms with E-state index in [1.165, 1.54) is 6.92 Å². The molecule has 0 heterocycles. The van der Waals surface area contributed by atoms with E-state index in [0.717, 1.165) is 5.56 Å². The maximum absolute atomic E-state index is 12.0. The Bertz CT molecular complexity index is 658. The maximum atomic E-state index is 12.0. The Morgan fingerprint density at radius 2 is 1.86 bits per heavy atom. The molecule has 5 heteroatoms. The first-order valence-electron chi connectivity index (χ1n) is 6.84. The Balaban J connectivity index is 1.87. The predicted octanol–water partition coefficient (Wildman–Crippen LogP) is 3.45. The number of nitrogens with one attached hydrogen (secondary N) is 1.